The van der Waals surface area contributed by atoms with Gasteiger partial charge < -0.3 is 10.1 Å². The molecule has 0 aliphatic carbocycles. The fourth-order valence-corrected chi connectivity index (χ4v) is 2.79. The molecule has 0 spiro atoms. The Morgan fingerprint density at radius 2 is 1.67 bits per heavy atom. The molecule has 4 aromatic rings. The van der Waals surface area contributed by atoms with Crippen molar-refractivity contribution in [3.8, 4) is 17.1 Å². The van der Waals surface area contributed by atoms with Crippen LogP contribution < -0.4 is 10.1 Å². The van der Waals surface area contributed by atoms with Gasteiger partial charge in [-0.25, -0.2) is 18.7 Å². The van der Waals surface area contributed by atoms with Crippen molar-refractivity contribution in [1.29, 1.82) is 0 Å². The van der Waals surface area contributed by atoms with E-state index < -0.39 is 5.82 Å². The number of halogens is 2. The molecule has 27 heavy (non-hydrogen) atoms. The first-order valence-corrected chi connectivity index (χ1v) is 8.27. The molecule has 4 nitrogen and oxygen atoms in total. The second kappa shape index (κ2) is 6.99. The van der Waals surface area contributed by atoms with E-state index in [0.29, 0.717) is 33.9 Å². The van der Waals surface area contributed by atoms with Crippen LogP contribution in [0.1, 0.15) is 0 Å². The van der Waals surface area contributed by atoms with Crippen molar-refractivity contribution in [1.82, 2.24) is 9.97 Å². The molecule has 0 unspecified atom stereocenters. The molecule has 1 heterocycles. The first kappa shape index (κ1) is 16.9. The molecule has 0 saturated carbocycles. The van der Waals surface area contributed by atoms with Gasteiger partial charge in [0.05, 0.1) is 12.6 Å². The standard InChI is InChI=1S/C21H15F2N3O/c1-27-17-7-3-6-16(12-17)24-21-18-11-15(23)8-9-19(18)25-20(26-21)13-4-2-5-14(22)10-13/h2-12H,1H3,(H,24,25,26). The quantitative estimate of drug-likeness (QED) is 0.533. The van der Waals surface area contributed by atoms with Gasteiger partial charge in [-0.3, -0.25) is 0 Å². The minimum Gasteiger partial charge on any atom is -0.497 e. The van der Waals surface area contributed by atoms with Crippen LogP contribution in [0.4, 0.5) is 20.3 Å². The first-order chi connectivity index (χ1) is 13.1. The Balaban J connectivity index is 1.87. The van der Waals surface area contributed by atoms with Gasteiger partial charge in [0.15, 0.2) is 5.82 Å². The van der Waals surface area contributed by atoms with Crippen molar-refractivity contribution in [3.63, 3.8) is 0 Å². The van der Waals surface area contributed by atoms with Crippen molar-refractivity contribution >= 4 is 22.4 Å². The summed E-state index contributed by atoms with van der Waals surface area (Å²) in [5.74, 6) is 0.678. The van der Waals surface area contributed by atoms with E-state index in [2.05, 4.69) is 15.3 Å². The molecule has 0 saturated heterocycles. The van der Waals surface area contributed by atoms with Crippen molar-refractivity contribution in [3.05, 3.63) is 78.4 Å². The van der Waals surface area contributed by atoms with Crippen molar-refractivity contribution in [2.75, 3.05) is 12.4 Å². The number of ether oxygens (including phenoxy) is 1. The van der Waals surface area contributed by atoms with Crippen molar-refractivity contribution in [2.24, 2.45) is 0 Å². The van der Waals surface area contributed by atoms with Crippen LogP contribution in [0.3, 0.4) is 0 Å². The maximum absolute atomic E-state index is 13.8. The Morgan fingerprint density at radius 3 is 2.48 bits per heavy atom. The lowest BCUT2D eigenvalue weighted by molar-refractivity contribution is 0.415. The number of fused-ring (bicyclic) bond motifs is 1. The van der Waals surface area contributed by atoms with E-state index in [4.69, 9.17) is 4.74 Å². The lowest BCUT2D eigenvalue weighted by Gasteiger charge is -2.12. The number of methoxy groups -OCH3 is 1. The van der Waals surface area contributed by atoms with E-state index in [1.807, 2.05) is 18.2 Å². The third-order valence-electron chi connectivity index (χ3n) is 4.07. The molecule has 0 aliphatic rings. The summed E-state index contributed by atoms with van der Waals surface area (Å²) >= 11 is 0. The Kier molecular flexibility index (Phi) is 4.38. The van der Waals surface area contributed by atoms with Gasteiger partial charge in [-0.2, -0.15) is 0 Å². The third-order valence-corrected chi connectivity index (χ3v) is 4.07. The number of rotatable bonds is 4. The van der Waals surface area contributed by atoms with Gasteiger partial charge >= 0.3 is 0 Å². The highest BCUT2D eigenvalue weighted by Gasteiger charge is 2.12. The summed E-state index contributed by atoms with van der Waals surface area (Å²) in [6, 6.07) is 17.6. The molecular weight excluding hydrogens is 348 g/mol. The number of benzene rings is 3. The smallest absolute Gasteiger partial charge is 0.162 e. The largest absolute Gasteiger partial charge is 0.497 e. The van der Waals surface area contributed by atoms with E-state index in [1.165, 1.54) is 24.3 Å². The summed E-state index contributed by atoms with van der Waals surface area (Å²) in [6.45, 7) is 0. The Hall–Kier alpha value is -3.54. The summed E-state index contributed by atoms with van der Waals surface area (Å²) in [5.41, 5.74) is 1.81. The molecule has 0 aliphatic heterocycles. The fourth-order valence-electron chi connectivity index (χ4n) is 2.79. The summed E-state index contributed by atoms with van der Waals surface area (Å²) in [4.78, 5) is 8.96. The molecule has 3 aromatic carbocycles. The lowest BCUT2D eigenvalue weighted by atomic mass is 10.1. The number of nitrogens with zero attached hydrogens (tertiary/aromatic N) is 2. The van der Waals surface area contributed by atoms with Crippen LogP contribution in [-0.2, 0) is 0 Å². The fraction of sp³-hybridized carbons (Fsp3) is 0.0476. The zero-order valence-electron chi connectivity index (χ0n) is 14.4. The first-order valence-electron chi connectivity index (χ1n) is 8.27. The van der Waals surface area contributed by atoms with Gasteiger partial charge in [-0.05, 0) is 42.5 Å². The zero-order chi connectivity index (χ0) is 18.8. The molecule has 134 valence electrons. The maximum Gasteiger partial charge on any atom is 0.162 e. The Morgan fingerprint density at radius 1 is 0.852 bits per heavy atom. The van der Waals surface area contributed by atoms with Gasteiger partial charge in [0.1, 0.15) is 23.2 Å². The molecule has 1 N–H and O–H groups in total. The van der Waals surface area contributed by atoms with Gasteiger partial charge in [0.2, 0.25) is 0 Å². The summed E-state index contributed by atoms with van der Waals surface area (Å²) in [5, 5.41) is 3.71. The van der Waals surface area contributed by atoms with Crippen LogP contribution in [0, 0.1) is 11.6 Å². The zero-order valence-corrected chi connectivity index (χ0v) is 14.4. The van der Waals surface area contributed by atoms with Crippen molar-refractivity contribution in [2.45, 2.75) is 0 Å². The van der Waals surface area contributed by atoms with Gasteiger partial charge in [-0.15, -0.1) is 0 Å². The molecular formula is C21H15F2N3O. The minimum atomic E-state index is -0.390. The van der Waals surface area contributed by atoms with E-state index in [0.717, 1.165) is 5.69 Å². The Labute approximate surface area is 154 Å². The predicted octanol–water partition coefficient (Wildman–Crippen LogP) is 5.33. The topological polar surface area (TPSA) is 47.0 Å². The van der Waals surface area contributed by atoms with Crippen LogP contribution in [0.25, 0.3) is 22.3 Å². The van der Waals surface area contributed by atoms with E-state index in [9.17, 15) is 8.78 Å². The van der Waals surface area contributed by atoms with Gasteiger partial charge in [-0.1, -0.05) is 18.2 Å². The molecule has 0 fully saturated rings. The number of nitrogens with one attached hydrogen (secondary N) is 1. The second-order valence-electron chi connectivity index (χ2n) is 5.92. The van der Waals surface area contributed by atoms with Gasteiger partial charge in [0.25, 0.3) is 0 Å². The lowest BCUT2D eigenvalue weighted by Crippen LogP contribution is -2.00. The number of hydrogen-bond acceptors (Lipinski definition) is 4. The molecule has 0 bridgehead atoms. The SMILES string of the molecule is COc1cccc(Nc2nc(-c3cccc(F)c3)nc3ccc(F)cc23)c1. The highest BCUT2D eigenvalue weighted by atomic mass is 19.1. The molecule has 0 radical (unpaired) electrons. The molecule has 0 atom stereocenters. The van der Waals surface area contributed by atoms with Gasteiger partial charge in [0, 0.05) is 22.7 Å². The second-order valence-corrected chi connectivity index (χ2v) is 5.92. The van der Waals surface area contributed by atoms with E-state index in [1.54, 1.807) is 31.4 Å². The average molecular weight is 363 g/mol. The maximum atomic E-state index is 13.8. The van der Waals surface area contributed by atoms with E-state index >= 15 is 0 Å². The molecule has 6 heteroatoms. The van der Waals surface area contributed by atoms with Crippen LogP contribution >= 0.6 is 0 Å². The normalized spacial score (nSPS) is 10.8. The van der Waals surface area contributed by atoms with Crippen LogP contribution in [0.5, 0.6) is 5.75 Å². The number of hydrogen-bond donors (Lipinski definition) is 1. The monoisotopic (exact) mass is 363 g/mol. The van der Waals surface area contributed by atoms with Crippen molar-refractivity contribution < 1.29 is 13.5 Å². The predicted molar refractivity (Wildman–Crippen MR) is 101 cm³/mol. The molecule has 4 rings (SSSR count). The van der Waals surface area contributed by atoms with Crippen LogP contribution in [-0.4, -0.2) is 17.1 Å². The number of anilines is 2. The molecule has 0 amide bonds. The highest BCUT2D eigenvalue weighted by Crippen LogP contribution is 2.29. The molecule has 1 aromatic heterocycles. The number of aromatic nitrogens is 2. The third kappa shape index (κ3) is 3.55. The van der Waals surface area contributed by atoms with Crippen LogP contribution in [0.2, 0.25) is 0 Å². The Bertz CT molecular complexity index is 1130. The highest BCUT2D eigenvalue weighted by molar-refractivity contribution is 5.92. The van der Waals surface area contributed by atoms with E-state index in [-0.39, 0.29) is 5.82 Å². The summed E-state index contributed by atoms with van der Waals surface area (Å²) in [7, 11) is 1.58. The summed E-state index contributed by atoms with van der Waals surface area (Å²) in [6.07, 6.45) is 0. The van der Waals surface area contributed by atoms with Crippen LogP contribution in [0.15, 0.2) is 66.7 Å². The summed E-state index contributed by atoms with van der Waals surface area (Å²) < 4.78 is 32.6. The minimum absolute atomic E-state index is 0.346. The average Bonchev–Trinajstić information content (AvgIpc) is 2.68.